The molecule has 1 aromatic carbocycles. The number of benzene rings is 1. The van der Waals surface area contributed by atoms with Gasteiger partial charge >= 0.3 is 0 Å². The number of carbonyl (C=O) groups excluding carboxylic acids is 1. The predicted molar refractivity (Wildman–Crippen MR) is 159 cm³/mol. The lowest BCUT2D eigenvalue weighted by molar-refractivity contribution is -0.106. The minimum absolute atomic E-state index is 0.0103. The Morgan fingerprint density at radius 1 is 1.03 bits per heavy atom. The van der Waals surface area contributed by atoms with E-state index in [1.807, 2.05) is 25.1 Å². The van der Waals surface area contributed by atoms with Gasteiger partial charge in [-0.15, -0.1) is 0 Å². The summed E-state index contributed by atoms with van der Waals surface area (Å²) < 4.78 is 0. The Balaban J connectivity index is 1.63. The number of carbonyl (C=O) groups is 1. The Hall–Kier alpha value is -3.82. The summed E-state index contributed by atoms with van der Waals surface area (Å²) in [4.78, 5) is 28.4. The lowest BCUT2D eigenvalue weighted by Crippen LogP contribution is -2.53. The van der Waals surface area contributed by atoms with Crippen LogP contribution in [-0.4, -0.2) is 77.1 Å². The first kappa shape index (κ1) is 28.2. The molecule has 1 aliphatic heterocycles. The number of aromatic hydroxyl groups is 1. The van der Waals surface area contributed by atoms with Crippen LogP contribution in [0.4, 0.5) is 17.2 Å². The molecule has 10 heteroatoms. The maximum absolute atomic E-state index is 11.6. The number of nitrogen functional groups attached to an aromatic ring is 1. The van der Waals surface area contributed by atoms with Crippen molar-refractivity contribution < 1.29 is 9.90 Å². The van der Waals surface area contributed by atoms with Crippen molar-refractivity contribution in [1.29, 1.82) is 0 Å². The van der Waals surface area contributed by atoms with E-state index in [-0.39, 0.29) is 11.3 Å². The number of aromatic nitrogens is 2. The molecular weight excluding hydrogens is 514 g/mol. The Bertz CT molecular complexity index is 1360. The highest BCUT2D eigenvalue weighted by Gasteiger charge is 2.27. The van der Waals surface area contributed by atoms with E-state index >= 15 is 0 Å². The lowest BCUT2D eigenvalue weighted by Gasteiger charge is -2.43. The quantitative estimate of drug-likeness (QED) is 0.410. The van der Waals surface area contributed by atoms with Crippen molar-refractivity contribution in [2.75, 3.05) is 55.8 Å². The molecule has 0 saturated carbocycles. The summed E-state index contributed by atoms with van der Waals surface area (Å²) in [7, 11) is 3.72. The van der Waals surface area contributed by atoms with E-state index in [1.165, 1.54) is 4.90 Å². The van der Waals surface area contributed by atoms with Crippen LogP contribution in [0, 0.1) is 0 Å². The molecule has 39 heavy (non-hydrogen) atoms. The molecule has 0 spiro atoms. The highest BCUT2D eigenvalue weighted by molar-refractivity contribution is 6.34. The normalized spacial score (nSPS) is 14.6. The van der Waals surface area contributed by atoms with Gasteiger partial charge in [0.05, 0.1) is 16.4 Å². The van der Waals surface area contributed by atoms with E-state index in [1.54, 1.807) is 49.1 Å². The molecule has 9 nitrogen and oxygen atoms in total. The van der Waals surface area contributed by atoms with Crippen molar-refractivity contribution in [2.24, 2.45) is 0 Å². The molecule has 0 aliphatic carbocycles. The minimum Gasteiger partial charge on any atom is -0.505 e. The SMILES string of the molecule is CN(C)/C=C\N(C=O)c1ccc(-c2ccnc(-c3cnc(N)c(N4CCN(C(C)(C)C)CC4)c3)c2O)cc1Cl. The van der Waals surface area contributed by atoms with E-state index < -0.39 is 0 Å². The van der Waals surface area contributed by atoms with Gasteiger partial charge in [-0.3, -0.25) is 19.6 Å². The maximum atomic E-state index is 11.6. The van der Waals surface area contributed by atoms with Gasteiger partial charge in [0.25, 0.3) is 0 Å². The van der Waals surface area contributed by atoms with E-state index in [2.05, 4.69) is 40.5 Å². The van der Waals surface area contributed by atoms with Gasteiger partial charge in [-0.2, -0.15) is 0 Å². The number of halogens is 1. The van der Waals surface area contributed by atoms with Gasteiger partial charge in [0.15, 0.2) is 0 Å². The fourth-order valence-electron chi connectivity index (χ4n) is 4.62. The van der Waals surface area contributed by atoms with Gasteiger partial charge in [0, 0.05) is 81.7 Å². The van der Waals surface area contributed by atoms with Crippen molar-refractivity contribution in [3.8, 4) is 28.1 Å². The lowest BCUT2D eigenvalue weighted by atomic mass is 10.0. The molecule has 206 valence electrons. The molecule has 3 N–H and O–H groups in total. The molecule has 0 atom stereocenters. The van der Waals surface area contributed by atoms with Crippen LogP contribution in [0.2, 0.25) is 5.02 Å². The molecule has 3 aromatic rings. The number of anilines is 3. The first-order valence-electron chi connectivity index (χ1n) is 12.8. The number of hydrogen-bond donors (Lipinski definition) is 2. The molecule has 2 aromatic heterocycles. The summed E-state index contributed by atoms with van der Waals surface area (Å²) in [6, 6.07) is 8.94. The maximum Gasteiger partial charge on any atom is 0.218 e. The van der Waals surface area contributed by atoms with Crippen molar-refractivity contribution in [3.63, 3.8) is 0 Å². The molecule has 4 rings (SSSR count). The topological polar surface area (TPSA) is 102 Å². The molecule has 1 amide bonds. The van der Waals surface area contributed by atoms with E-state index in [0.29, 0.717) is 45.3 Å². The van der Waals surface area contributed by atoms with Gasteiger partial charge in [-0.1, -0.05) is 17.7 Å². The molecule has 1 saturated heterocycles. The first-order valence-corrected chi connectivity index (χ1v) is 13.2. The molecule has 1 aliphatic rings. The van der Waals surface area contributed by atoms with Crippen LogP contribution in [0.15, 0.2) is 55.1 Å². The third-order valence-electron chi connectivity index (χ3n) is 6.84. The molecule has 0 radical (unpaired) electrons. The van der Waals surface area contributed by atoms with Crippen LogP contribution in [0.1, 0.15) is 20.8 Å². The summed E-state index contributed by atoms with van der Waals surface area (Å²) in [5.74, 6) is 0.458. The fraction of sp³-hybridized carbons (Fsp3) is 0.345. The van der Waals surface area contributed by atoms with Crippen molar-refractivity contribution in [1.82, 2.24) is 19.8 Å². The number of nitrogens with two attached hydrogens (primary N) is 1. The predicted octanol–water partition coefficient (Wildman–Crippen LogP) is 4.67. The van der Waals surface area contributed by atoms with Gasteiger partial charge in [-0.05, 0) is 50.6 Å². The largest absolute Gasteiger partial charge is 0.505 e. The molecule has 1 fully saturated rings. The second-order valence-electron chi connectivity index (χ2n) is 10.8. The minimum atomic E-state index is 0.0103. The Labute approximate surface area is 235 Å². The smallest absolute Gasteiger partial charge is 0.218 e. The number of pyridine rings is 2. The van der Waals surface area contributed by atoms with Gasteiger partial charge in [-0.25, -0.2) is 4.98 Å². The highest BCUT2D eigenvalue weighted by atomic mass is 35.5. The standard InChI is InChI=1S/C29H36ClN7O2/c1-29(2,3)37-14-12-35(13-15-37)25-17-21(18-33-28(25)31)26-27(39)22(8-9-32-26)20-6-7-24(23(30)16-20)36(19-38)11-10-34(4)5/h6-11,16-19,39H,12-15H2,1-5H3,(H2,31,33)/b11-10-. The van der Waals surface area contributed by atoms with Crippen LogP contribution in [0.25, 0.3) is 22.4 Å². The summed E-state index contributed by atoms with van der Waals surface area (Å²) in [6.07, 6.45) is 7.34. The van der Waals surface area contributed by atoms with E-state index in [0.717, 1.165) is 31.9 Å². The summed E-state index contributed by atoms with van der Waals surface area (Å²) in [5.41, 5.74) is 10.1. The summed E-state index contributed by atoms with van der Waals surface area (Å²) in [5, 5.41) is 11.7. The zero-order valence-electron chi connectivity index (χ0n) is 23.1. The van der Waals surface area contributed by atoms with E-state index in [4.69, 9.17) is 17.3 Å². The van der Waals surface area contributed by atoms with Crippen molar-refractivity contribution in [2.45, 2.75) is 26.3 Å². The zero-order valence-corrected chi connectivity index (χ0v) is 23.9. The van der Waals surface area contributed by atoms with Crippen LogP contribution < -0.4 is 15.5 Å². The third-order valence-corrected chi connectivity index (χ3v) is 7.14. The molecule has 3 heterocycles. The van der Waals surface area contributed by atoms with E-state index in [9.17, 15) is 9.90 Å². The monoisotopic (exact) mass is 549 g/mol. The third kappa shape index (κ3) is 6.26. The molecular formula is C29H36ClN7O2. The molecule has 0 unspecified atom stereocenters. The number of rotatable bonds is 7. The van der Waals surface area contributed by atoms with Crippen LogP contribution in [0.5, 0.6) is 5.75 Å². The fourth-order valence-corrected chi connectivity index (χ4v) is 4.90. The van der Waals surface area contributed by atoms with Gasteiger partial charge < -0.3 is 20.6 Å². The molecule has 0 bridgehead atoms. The Morgan fingerprint density at radius 3 is 2.36 bits per heavy atom. The van der Waals surface area contributed by atoms with Crippen molar-refractivity contribution in [3.05, 3.63) is 60.1 Å². The van der Waals surface area contributed by atoms with Crippen molar-refractivity contribution >= 4 is 35.2 Å². The van der Waals surface area contributed by atoms with Crippen LogP contribution in [0.3, 0.4) is 0 Å². The number of hydrogen-bond acceptors (Lipinski definition) is 8. The van der Waals surface area contributed by atoms with Crippen LogP contribution in [-0.2, 0) is 4.79 Å². The Kier molecular flexibility index (Phi) is 8.32. The second kappa shape index (κ2) is 11.5. The number of nitrogens with zero attached hydrogens (tertiary/aromatic N) is 6. The van der Waals surface area contributed by atoms with Gasteiger partial charge in [0.2, 0.25) is 6.41 Å². The highest BCUT2D eigenvalue weighted by Crippen LogP contribution is 2.40. The Morgan fingerprint density at radius 2 is 1.74 bits per heavy atom. The summed E-state index contributed by atoms with van der Waals surface area (Å²) in [6.45, 7) is 10.2. The summed E-state index contributed by atoms with van der Waals surface area (Å²) >= 11 is 6.56. The number of piperazine rings is 1. The average Bonchev–Trinajstić information content (AvgIpc) is 2.90. The van der Waals surface area contributed by atoms with Gasteiger partial charge in [0.1, 0.15) is 17.3 Å². The zero-order chi connectivity index (χ0) is 28.3. The first-order chi connectivity index (χ1) is 18.5. The second-order valence-corrected chi connectivity index (χ2v) is 11.2. The van der Waals surface area contributed by atoms with Crippen LogP contribution >= 0.6 is 11.6 Å². The number of amides is 1. The average molecular weight is 550 g/mol.